The van der Waals surface area contributed by atoms with Gasteiger partial charge in [0.15, 0.2) is 0 Å². The monoisotopic (exact) mass is 303 g/mol. The van der Waals surface area contributed by atoms with Gasteiger partial charge >= 0.3 is 0 Å². The zero-order valence-corrected chi connectivity index (χ0v) is 12.5. The first-order valence-electron chi connectivity index (χ1n) is 6.42. The minimum absolute atomic E-state index is 0.267. The first-order chi connectivity index (χ1) is 10.2. The number of carbonyl (C=O) groups excluding carboxylic acids is 1. The number of aromatic nitrogens is 1. The van der Waals surface area contributed by atoms with Crippen LogP contribution in [0.5, 0.6) is 5.88 Å². The molecule has 0 aliphatic rings. The number of nitrogens with one attached hydrogen (secondary N) is 1. The second-order valence-corrected chi connectivity index (χ2v) is 5.33. The van der Waals surface area contributed by atoms with Gasteiger partial charge < -0.3 is 15.8 Å². The predicted octanol–water partition coefficient (Wildman–Crippen LogP) is 2.28. The van der Waals surface area contributed by atoms with E-state index in [9.17, 15) is 4.79 Å². The van der Waals surface area contributed by atoms with Gasteiger partial charge in [0.1, 0.15) is 0 Å². The lowest BCUT2D eigenvalue weighted by molar-refractivity contribution is -0.115. The molecule has 0 saturated carbocycles. The zero-order chi connectivity index (χ0) is 15.1. The lowest BCUT2D eigenvalue weighted by atomic mass is 10.2. The number of hydrogen-bond donors (Lipinski definition) is 2. The molecule has 3 N–H and O–H groups in total. The van der Waals surface area contributed by atoms with Crippen LogP contribution in [0.15, 0.2) is 47.5 Å². The van der Waals surface area contributed by atoms with Gasteiger partial charge in [0.2, 0.25) is 11.8 Å². The standard InChI is InChI=1S/C15H17N3O2S/c1-20-15-7-6-11(9-18-15)8-17-12-4-2-3-5-13(12)21-10-14(16)19/h2-7,9,17H,8,10H2,1H3,(H2,16,19). The summed E-state index contributed by atoms with van der Waals surface area (Å²) in [5.41, 5.74) is 7.20. The Morgan fingerprint density at radius 2 is 2.14 bits per heavy atom. The number of rotatable bonds is 7. The van der Waals surface area contributed by atoms with E-state index in [2.05, 4.69) is 10.3 Å². The van der Waals surface area contributed by atoms with Crippen molar-refractivity contribution in [3.63, 3.8) is 0 Å². The number of amides is 1. The van der Waals surface area contributed by atoms with Gasteiger partial charge in [-0.05, 0) is 17.7 Å². The van der Waals surface area contributed by atoms with Gasteiger partial charge in [0.25, 0.3) is 0 Å². The van der Waals surface area contributed by atoms with E-state index in [1.54, 1.807) is 13.3 Å². The Morgan fingerprint density at radius 3 is 2.81 bits per heavy atom. The van der Waals surface area contributed by atoms with E-state index < -0.39 is 0 Å². The van der Waals surface area contributed by atoms with E-state index >= 15 is 0 Å². The molecular weight excluding hydrogens is 286 g/mol. The number of methoxy groups -OCH3 is 1. The molecule has 1 aromatic heterocycles. The lowest BCUT2D eigenvalue weighted by Gasteiger charge is -2.11. The highest BCUT2D eigenvalue weighted by atomic mass is 32.2. The van der Waals surface area contributed by atoms with Crippen LogP contribution < -0.4 is 15.8 Å². The molecule has 110 valence electrons. The van der Waals surface area contributed by atoms with Crippen molar-refractivity contribution in [2.45, 2.75) is 11.4 Å². The van der Waals surface area contributed by atoms with Crippen LogP contribution in [0.25, 0.3) is 0 Å². The van der Waals surface area contributed by atoms with Crippen LogP contribution >= 0.6 is 11.8 Å². The molecule has 0 spiro atoms. The van der Waals surface area contributed by atoms with Crippen LogP contribution in [-0.4, -0.2) is 23.8 Å². The normalized spacial score (nSPS) is 10.1. The molecule has 5 nitrogen and oxygen atoms in total. The van der Waals surface area contributed by atoms with Crippen LogP contribution in [0.3, 0.4) is 0 Å². The lowest BCUT2D eigenvalue weighted by Crippen LogP contribution is -2.13. The molecule has 0 bridgehead atoms. The van der Waals surface area contributed by atoms with Crippen LogP contribution in [-0.2, 0) is 11.3 Å². The first-order valence-corrected chi connectivity index (χ1v) is 7.40. The Morgan fingerprint density at radius 1 is 1.33 bits per heavy atom. The minimum Gasteiger partial charge on any atom is -0.481 e. The second kappa shape index (κ2) is 7.54. The summed E-state index contributed by atoms with van der Waals surface area (Å²) < 4.78 is 5.03. The molecule has 2 rings (SSSR count). The highest BCUT2D eigenvalue weighted by Crippen LogP contribution is 2.27. The Bertz CT molecular complexity index is 602. The molecule has 0 atom stereocenters. The van der Waals surface area contributed by atoms with Crippen molar-refractivity contribution in [3.8, 4) is 5.88 Å². The summed E-state index contributed by atoms with van der Waals surface area (Å²) in [4.78, 5) is 16.0. The topological polar surface area (TPSA) is 77.2 Å². The third-order valence-electron chi connectivity index (χ3n) is 2.75. The average Bonchev–Trinajstić information content (AvgIpc) is 2.52. The number of anilines is 1. The number of nitrogens with two attached hydrogens (primary N) is 1. The summed E-state index contributed by atoms with van der Waals surface area (Å²) in [5, 5.41) is 3.34. The second-order valence-electron chi connectivity index (χ2n) is 4.31. The van der Waals surface area contributed by atoms with Gasteiger partial charge in [-0.15, -0.1) is 11.8 Å². The minimum atomic E-state index is -0.325. The van der Waals surface area contributed by atoms with E-state index in [1.807, 2.05) is 36.4 Å². The number of carbonyl (C=O) groups is 1. The maximum absolute atomic E-state index is 10.9. The fourth-order valence-corrected chi connectivity index (χ4v) is 2.49. The largest absolute Gasteiger partial charge is 0.481 e. The molecule has 0 radical (unpaired) electrons. The summed E-state index contributed by atoms with van der Waals surface area (Å²) in [5.74, 6) is 0.535. The third kappa shape index (κ3) is 4.68. The van der Waals surface area contributed by atoms with Crippen molar-refractivity contribution >= 4 is 23.4 Å². The summed E-state index contributed by atoms with van der Waals surface area (Å²) >= 11 is 1.42. The smallest absolute Gasteiger partial charge is 0.227 e. The first kappa shape index (κ1) is 15.2. The third-order valence-corrected chi connectivity index (χ3v) is 3.84. The van der Waals surface area contributed by atoms with Gasteiger partial charge in [-0.25, -0.2) is 4.98 Å². The maximum Gasteiger partial charge on any atom is 0.227 e. The van der Waals surface area contributed by atoms with Crippen molar-refractivity contribution in [2.24, 2.45) is 5.73 Å². The molecule has 0 fully saturated rings. The molecular formula is C15H17N3O2S. The highest BCUT2D eigenvalue weighted by Gasteiger charge is 2.04. The Hall–Kier alpha value is -2.21. The molecule has 0 aliphatic heterocycles. The van der Waals surface area contributed by atoms with E-state index in [4.69, 9.17) is 10.5 Å². The van der Waals surface area contributed by atoms with Gasteiger partial charge in [0, 0.05) is 29.4 Å². The van der Waals surface area contributed by atoms with Crippen molar-refractivity contribution in [3.05, 3.63) is 48.2 Å². The number of pyridine rings is 1. The maximum atomic E-state index is 10.9. The highest BCUT2D eigenvalue weighted by molar-refractivity contribution is 8.00. The molecule has 0 aliphatic carbocycles. The zero-order valence-electron chi connectivity index (χ0n) is 11.7. The SMILES string of the molecule is COc1ccc(CNc2ccccc2SCC(N)=O)cn1. The van der Waals surface area contributed by atoms with Gasteiger partial charge in [-0.3, -0.25) is 4.79 Å². The van der Waals surface area contributed by atoms with Crippen molar-refractivity contribution in [1.29, 1.82) is 0 Å². The molecule has 6 heteroatoms. The van der Waals surface area contributed by atoms with Crippen molar-refractivity contribution in [1.82, 2.24) is 4.98 Å². The van der Waals surface area contributed by atoms with Crippen LogP contribution in [0.1, 0.15) is 5.56 Å². The number of benzene rings is 1. The quantitative estimate of drug-likeness (QED) is 0.767. The fourth-order valence-electron chi connectivity index (χ4n) is 1.72. The fraction of sp³-hybridized carbons (Fsp3) is 0.200. The number of hydrogen-bond acceptors (Lipinski definition) is 5. The number of thioether (sulfide) groups is 1. The summed E-state index contributed by atoms with van der Waals surface area (Å²) in [7, 11) is 1.59. The van der Waals surface area contributed by atoms with Gasteiger partial charge in [0.05, 0.1) is 12.9 Å². The Labute approximate surface area is 127 Å². The van der Waals surface area contributed by atoms with E-state index in [-0.39, 0.29) is 11.7 Å². The molecule has 21 heavy (non-hydrogen) atoms. The van der Waals surface area contributed by atoms with E-state index in [0.29, 0.717) is 12.4 Å². The van der Waals surface area contributed by atoms with E-state index in [0.717, 1.165) is 16.1 Å². The van der Waals surface area contributed by atoms with E-state index in [1.165, 1.54) is 11.8 Å². The number of para-hydroxylation sites is 1. The molecule has 0 unspecified atom stereocenters. The molecule has 1 aromatic carbocycles. The van der Waals surface area contributed by atoms with Crippen molar-refractivity contribution in [2.75, 3.05) is 18.2 Å². The Kier molecular flexibility index (Phi) is 5.45. The van der Waals surface area contributed by atoms with Crippen molar-refractivity contribution < 1.29 is 9.53 Å². The predicted molar refractivity (Wildman–Crippen MR) is 84.5 cm³/mol. The molecule has 0 saturated heterocycles. The average molecular weight is 303 g/mol. The van der Waals surface area contributed by atoms with Crippen LogP contribution in [0, 0.1) is 0 Å². The number of primary amides is 1. The van der Waals surface area contributed by atoms with Crippen LogP contribution in [0.2, 0.25) is 0 Å². The summed E-state index contributed by atoms with van der Waals surface area (Å²) in [6.45, 7) is 0.644. The molecule has 2 aromatic rings. The Balaban J connectivity index is 2.00. The number of nitrogens with zero attached hydrogens (tertiary/aromatic N) is 1. The van der Waals surface area contributed by atoms with Gasteiger partial charge in [-0.2, -0.15) is 0 Å². The summed E-state index contributed by atoms with van der Waals surface area (Å²) in [6.07, 6.45) is 1.77. The summed E-state index contributed by atoms with van der Waals surface area (Å²) in [6, 6.07) is 11.6. The molecule has 1 heterocycles. The number of ether oxygens (including phenoxy) is 1. The van der Waals surface area contributed by atoms with Gasteiger partial charge in [-0.1, -0.05) is 18.2 Å². The molecule has 1 amide bonds. The van der Waals surface area contributed by atoms with Crippen LogP contribution in [0.4, 0.5) is 5.69 Å².